The molecule has 2 heterocycles. The lowest BCUT2D eigenvalue weighted by molar-refractivity contribution is -0.245. The van der Waals surface area contributed by atoms with E-state index in [4.69, 9.17) is 14.2 Å². The molecule has 0 radical (unpaired) electrons. The van der Waals surface area contributed by atoms with E-state index in [1.54, 1.807) is 35.2 Å². The zero-order valence-corrected chi connectivity index (χ0v) is 30.1. The number of aromatic nitrogens is 2. The smallest absolute Gasteiger partial charge is 0.319 e. The number of anilines is 1. The minimum absolute atomic E-state index is 0.000774. The number of para-hydroxylation sites is 1. The molecule has 264 valence electrons. The van der Waals surface area contributed by atoms with E-state index in [2.05, 4.69) is 45.1 Å². The Morgan fingerprint density at radius 1 is 0.827 bits per heavy atom. The summed E-state index contributed by atoms with van der Waals surface area (Å²) in [5.41, 5.74) is 6.56. The molecule has 9 nitrogen and oxygen atoms in total. The number of hydrogen-bond donors (Lipinski definition) is 3. The zero-order chi connectivity index (χ0) is 35.7. The van der Waals surface area contributed by atoms with Crippen molar-refractivity contribution in [1.82, 2.24) is 15.5 Å². The zero-order valence-electron chi connectivity index (χ0n) is 28.5. The van der Waals surface area contributed by atoms with Gasteiger partial charge in [-0.1, -0.05) is 108 Å². The van der Waals surface area contributed by atoms with Crippen molar-refractivity contribution in [3.63, 3.8) is 0 Å². The van der Waals surface area contributed by atoms with Crippen LogP contribution in [0.3, 0.4) is 0 Å². The molecule has 0 spiro atoms. The lowest BCUT2D eigenvalue weighted by Crippen LogP contribution is -2.31. The second-order valence-corrected chi connectivity index (χ2v) is 14.8. The van der Waals surface area contributed by atoms with E-state index in [9.17, 15) is 9.90 Å². The highest BCUT2D eigenvalue weighted by Gasteiger charge is 2.32. The lowest BCUT2D eigenvalue weighted by Gasteiger charge is -2.36. The number of thioether (sulfide) groups is 1. The number of aryl methyl sites for hydroxylation is 1. The molecule has 1 fully saturated rings. The third-order valence-corrected chi connectivity index (χ3v) is 10.6. The van der Waals surface area contributed by atoms with Gasteiger partial charge in [-0.25, -0.2) is 4.79 Å². The molecule has 0 bridgehead atoms. The average molecular weight is 731 g/mol. The van der Waals surface area contributed by atoms with Crippen LogP contribution in [-0.2, 0) is 22.6 Å². The summed E-state index contributed by atoms with van der Waals surface area (Å²) < 4.78 is 19.8. The Bertz CT molecular complexity index is 2060. The molecule has 3 atom stereocenters. The Hall–Kier alpha value is -5.04. The SMILES string of the molecule is Cc1nnc(SCC2CC(c3ccc(CO)cc3)OC(c3ccc(-c4cccc(CNC(=O)Nc5ccc(Oc6ccccc6)cc5)c4)cc3)O2)s1. The van der Waals surface area contributed by atoms with Gasteiger partial charge in [-0.15, -0.1) is 10.2 Å². The number of hydrogen-bond acceptors (Lipinski definition) is 9. The number of ether oxygens (including phenoxy) is 3. The highest BCUT2D eigenvalue weighted by atomic mass is 32.2. The molecule has 3 unspecified atom stereocenters. The van der Waals surface area contributed by atoms with E-state index < -0.39 is 6.29 Å². The van der Waals surface area contributed by atoms with E-state index in [1.165, 1.54) is 0 Å². The van der Waals surface area contributed by atoms with E-state index >= 15 is 0 Å². The Kier molecular flexibility index (Phi) is 11.6. The summed E-state index contributed by atoms with van der Waals surface area (Å²) in [6, 6.07) is 40.8. The third-order valence-electron chi connectivity index (χ3n) is 8.50. The number of aliphatic hydroxyl groups excluding tert-OH is 1. The Morgan fingerprint density at radius 3 is 2.31 bits per heavy atom. The summed E-state index contributed by atoms with van der Waals surface area (Å²) in [5, 5.41) is 24.7. The number of amides is 2. The van der Waals surface area contributed by atoms with Crippen LogP contribution in [0, 0.1) is 6.92 Å². The number of nitrogens with one attached hydrogen (secondary N) is 2. The molecule has 0 aliphatic carbocycles. The van der Waals surface area contributed by atoms with Crippen molar-refractivity contribution in [2.45, 2.75) is 49.3 Å². The minimum atomic E-state index is -0.547. The predicted molar refractivity (Wildman–Crippen MR) is 204 cm³/mol. The van der Waals surface area contributed by atoms with Crippen LogP contribution in [-0.4, -0.2) is 33.2 Å². The average Bonchev–Trinajstić information content (AvgIpc) is 3.62. The summed E-state index contributed by atoms with van der Waals surface area (Å²) in [6.45, 7) is 2.32. The van der Waals surface area contributed by atoms with Crippen LogP contribution in [0.5, 0.6) is 11.5 Å². The van der Waals surface area contributed by atoms with Gasteiger partial charge in [-0.05, 0) is 77.2 Å². The van der Waals surface area contributed by atoms with Gasteiger partial charge in [0.25, 0.3) is 0 Å². The topological polar surface area (TPSA) is 115 Å². The molecule has 52 heavy (non-hydrogen) atoms. The first-order valence-electron chi connectivity index (χ1n) is 17.0. The first-order chi connectivity index (χ1) is 25.5. The maximum atomic E-state index is 12.7. The number of benzene rings is 5. The van der Waals surface area contributed by atoms with Gasteiger partial charge in [0, 0.05) is 30.0 Å². The molecule has 5 aromatic carbocycles. The number of carbonyl (C=O) groups is 1. The summed E-state index contributed by atoms with van der Waals surface area (Å²) in [6.07, 6.45) is -0.0762. The fraction of sp³-hybridized carbons (Fsp3) is 0.195. The van der Waals surface area contributed by atoms with Gasteiger partial charge in [0.1, 0.15) is 16.5 Å². The van der Waals surface area contributed by atoms with E-state index in [1.807, 2.05) is 97.9 Å². The molecule has 11 heteroatoms. The third kappa shape index (κ3) is 9.44. The van der Waals surface area contributed by atoms with Crippen LogP contribution in [0.25, 0.3) is 11.1 Å². The van der Waals surface area contributed by atoms with Crippen molar-refractivity contribution in [2.75, 3.05) is 11.1 Å². The normalized spacial score (nSPS) is 17.0. The molecule has 1 aliphatic heterocycles. The summed E-state index contributed by atoms with van der Waals surface area (Å²) in [5.74, 6) is 2.17. The Labute approximate surface area is 311 Å². The molecular formula is C41H38N4O5S2. The van der Waals surface area contributed by atoms with Gasteiger partial charge < -0.3 is 30.0 Å². The van der Waals surface area contributed by atoms with Gasteiger partial charge >= 0.3 is 6.03 Å². The van der Waals surface area contributed by atoms with Crippen molar-refractivity contribution in [3.8, 4) is 22.6 Å². The standard InChI is InChI=1S/C41H38N4O5S2/c1-27-44-45-41(52-27)51-26-37-23-38(31-12-10-28(25-46)11-13-31)50-39(49-37)32-16-14-30(15-17-32)33-7-5-6-29(22-33)24-42-40(47)43-34-18-20-36(21-19-34)48-35-8-3-2-4-9-35/h2-22,37-39,46H,23-26H2,1H3,(H2,42,43,47). The molecule has 3 N–H and O–H groups in total. The quantitative estimate of drug-likeness (QED) is 0.107. The highest BCUT2D eigenvalue weighted by molar-refractivity contribution is 8.01. The van der Waals surface area contributed by atoms with E-state index in [0.717, 1.165) is 54.2 Å². The monoisotopic (exact) mass is 730 g/mol. The minimum Gasteiger partial charge on any atom is -0.457 e. The molecule has 1 aliphatic rings. The molecule has 0 saturated carbocycles. The molecule has 1 saturated heterocycles. The van der Waals surface area contributed by atoms with Crippen molar-refractivity contribution in [3.05, 3.63) is 155 Å². The number of rotatable bonds is 12. The van der Waals surface area contributed by atoms with Gasteiger partial charge in [0.15, 0.2) is 10.6 Å². The fourth-order valence-electron chi connectivity index (χ4n) is 5.81. The van der Waals surface area contributed by atoms with Gasteiger partial charge in [-0.2, -0.15) is 0 Å². The first-order valence-corrected chi connectivity index (χ1v) is 18.8. The largest absolute Gasteiger partial charge is 0.457 e. The van der Waals surface area contributed by atoms with Crippen molar-refractivity contribution < 1.29 is 24.1 Å². The lowest BCUT2D eigenvalue weighted by atomic mass is 9.99. The molecule has 2 amide bonds. The first kappa shape index (κ1) is 35.4. The number of aliphatic hydroxyl groups is 1. The maximum absolute atomic E-state index is 12.7. The summed E-state index contributed by atoms with van der Waals surface area (Å²) >= 11 is 3.24. The molecular weight excluding hydrogens is 693 g/mol. The van der Waals surface area contributed by atoms with Crippen molar-refractivity contribution in [1.29, 1.82) is 0 Å². The van der Waals surface area contributed by atoms with Crippen molar-refractivity contribution in [2.24, 2.45) is 0 Å². The Morgan fingerprint density at radius 2 is 1.58 bits per heavy atom. The van der Waals surface area contributed by atoms with Crippen LogP contribution < -0.4 is 15.4 Å². The van der Waals surface area contributed by atoms with Crippen LogP contribution >= 0.6 is 23.1 Å². The van der Waals surface area contributed by atoms with Gasteiger partial charge in [0.05, 0.1) is 18.8 Å². The highest BCUT2D eigenvalue weighted by Crippen LogP contribution is 2.40. The van der Waals surface area contributed by atoms with E-state index in [-0.39, 0.29) is 24.8 Å². The summed E-state index contributed by atoms with van der Waals surface area (Å²) in [7, 11) is 0. The summed E-state index contributed by atoms with van der Waals surface area (Å²) in [4.78, 5) is 12.7. The number of carbonyl (C=O) groups excluding carboxylic acids is 1. The van der Waals surface area contributed by atoms with Crippen LogP contribution in [0.1, 0.15) is 46.1 Å². The van der Waals surface area contributed by atoms with E-state index in [0.29, 0.717) is 24.4 Å². The number of nitrogens with zero attached hydrogens (tertiary/aromatic N) is 2. The number of urea groups is 1. The van der Waals surface area contributed by atoms with Crippen LogP contribution in [0.15, 0.2) is 132 Å². The maximum Gasteiger partial charge on any atom is 0.319 e. The molecule has 6 aromatic rings. The van der Waals surface area contributed by atoms with Crippen LogP contribution in [0.2, 0.25) is 0 Å². The second-order valence-electron chi connectivity index (χ2n) is 12.3. The molecule has 7 rings (SSSR count). The van der Waals surface area contributed by atoms with Crippen molar-refractivity contribution >= 4 is 34.8 Å². The predicted octanol–water partition coefficient (Wildman–Crippen LogP) is 9.46. The van der Waals surface area contributed by atoms with Gasteiger partial charge in [-0.3, -0.25) is 0 Å². The second kappa shape index (κ2) is 17.0. The fourth-order valence-corrected chi connectivity index (χ4v) is 7.67. The Balaban J connectivity index is 0.968. The van der Waals surface area contributed by atoms with Crippen LogP contribution in [0.4, 0.5) is 10.5 Å². The molecule has 1 aromatic heterocycles. The van der Waals surface area contributed by atoms with Gasteiger partial charge in [0.2, 0.25) is 0 Å².